The van der Waals surface area contributed by atoms with Gasteiger partial charge in [-0.2, -0.15) is 5.10 Å². The van der Waals surface area contributed by atoms with Crippen molar-refractivity contribution in [1.82, 2.24) is 15.1 Å². The largest absolute Gasteiger partial charge is 0.354 e. The van der Waals surface area contributed by atoms with Crippen LogP contribution in [-0.4, -0.2) is 22.7 Å². The van der Waals surface area contributed by atoms with E-state index in [9.17, 15) is 4.79 Å². The van der Waals surface area contributed by atoms with E-state index in [1.54, 1.807) is 17.8 Å². The summed E-state index contributed by atoms with van der Waals surface area (Å²) in [5, 5.41) is 6.63. The van der Waals surface area contributed by atoms with Gasteiger partial charge in [-0.05, 0) is 19.9 Å². The minimum absolute atomic E-state index is 0.134. The average Bonchev–Trinajstić information content (AvgIpc) is 2.45. The maximum atomic E-state index is 11.1. The molecule has 4 heteroatoms. The van der Waals surface area contributed by atoms with Crippen LogP contribution in [0.2, 0.25) is 0 Å². The Labute approximate surface area is 71.6 Å². The Balaban J connectivity index is 2.96. The molecular formula is C8H13N3O. The fraction of sp³-hybridized carbons (Fsp3) is 0.500. The van der Waals surface area contributed by atoms with E-state index in [2.05, 4.69) is 10.4 Å². The lowest BCUT2D eigenvalue weighted by Gasteiger charge is -1.96. The van der Waals surface area contributed by atoms with Gasteiger partial charge in [0.1, 0.15) is 5.69 Å². The summed E-state index contributed by atoms with van der Waals surface area (Å²) >= 11 is 0. The van der Waals surface area contributed by atoms with E-state index in [4.69, 9.17) is 0 Å². The number of amides is 1. The summed E-state index contributed by atoms with van der Waals surface area (Å²) in [5.74, 6) is -0.134. The standard InChI is InChI=1S/C8H13N3O/c1-4-11-6(2)5-7(10-11)8(12)9-3/h5H,4H2,1-3H3,(H,9,12). The Bertz CT molecular complexity index is 290. The van der Waals surface area contributed by atoms with Crippen LogP contribution in [0.5, 0.6) is 0 Å². The molecular weight excluding hydrogens is 154 g/mol. The van der Waals surface area contributed by atoms with Crippen LogP contribution in [0.3, 0.4) is 0 Å². The maximum absolute atomic E-state index is 11.1. The van der Waals surface area contributed by atoms with E-state index >= 15 is 0 Å². The molecule has 0 bridgehead atoms. The van der Waals surface area contributed by atoms with Crippen molar-refractivity contribution in [3.63, 3.8) is 0 Å². The average molecular weight is 167 g/mol. The highest BCUT2D eigenvalue weighted by Gasteiger charge is 2.08. The van der Waals surface area contributed by atoms with Crippen LogP contribution in [0, 0.1) is 6.92 Å². The van der Waals surface area contributed by atoms with Gasteiger partial charge in [-0.1, -0.05) is 0 Å². The van der Waals surface area contributed by atoms with Crippen molar-refractivity contribution in [3.05, 3.63) is 17.5 Å². The first-order valence-electron chi connectivity index (χ1n) is 3.95. The van der Waals surface area contributed by atoms with Gasteiger partial charge in [-0.3, -0.25) is 9.48 Å². The Kier molecular flexibility index (Phi) is 2.47. The molecule has 0 aliphatic heterocycles. The van der Waals surface area contributed by atoms with Gasteiger partial charge < -0.3 is 5.32 Å². The molecule has 66 valence electrons. The van der Waals surface area contributed by atoms with Crippen LogP contribution in [0.4, 0.5) is 0 Å². The van der Waals surface area contributed by atoms with Gasteiger partial charge in [0, 0.05) is 19.3 Å². The minimum Gasteiger partial charge on any atom is -0.354 e. The number of aromatic nitrogens is 2. The normalized spacial score (nSPS) is 9.92. The monoisotopic (exact) mass is 167 g/mol. The lowest BCUT2D eigenvalue weighted by molar-refractivity contribution is 0.0957. The molecule has 4 nitrogen and oxygen atoms in total. The van der Waals surface area contributed by atoms with Gasteiger partial charge in [-0.25, -0.2) is 0 Å². The van der Waals surface area contributed by atoms with E-state index in [0.29, 0.717) is 5.69 Å². The molecule has 0 spiro atoms. The Morgan fingerprint density at radius 3 is 2.83 bits per heavy atom. The van der Waals surface area contributed by atoms with Crippen LogP contribution in [0.15, 0.2) is 6.07 Å². The predicted octanol–water partition coefficient (Wildman–Crippen LogP) is 0.571. The second-order valence-electron chi connectivity index (χ2n) is 2.57. The van der Waals surface area contributed by atoms with Gasteiger partial charge in [0.2, 0.25) is 0 Å². The van der Waals surface area contributed by atoms with Gasteiger partial charge in [0.15, 0.2) is 0 Å². The topological polar surface area (TPSA) is 46.9 Å². The van der Waals surface area contributed by atoms with E-state index in [1.165, 1.54) is 0 Å². The van der Waals surface area contributed by atoms with Gasteiger partial charge in [-0.15, -0.1) is 0 Å². The lowest BCUT2D eigenvalue weighted by Crippen LogP contribution is -2.18. The third-order valence-electron chi connectivity index (χ3n) is 1.74. The van der Waals surface area contributed by atoms with Gasteiger partial charge >= 0.3 is 0 Å². The highest BCUT2D eigenvalue weighted by atomic mass is 16.1. The molecule has 1 heterocycles. The number of aryl methyl sites for hydroxylation is 2. The highest BCUT2D eigenvalue weighted by molar-refractivity contribution is 5.92. The molecule has 0 radical (unpaired) electrons. The van der Waals surface area contributed by atoms with Crippen LogP contribution in [-0.2, 0) is 6.54 Å². The van der Waals surface area contributed by atoms with E-state index in [-0.39, 0.29) is 5.91 Å². The molecule has 1 amide bonds. The molecule has 0 aliphatic carbocycles. The van der Waals surface area contributed by atoms with Crippen LogP contribution in [0.25, 0.3) is 0 Å². The molecule has 1 rings (SSSR count). The number of hydrogen-bond donors (Lipinski definition) is 1. The minimum atomic E-state index is -0.134. The summed E-state index contributed by atoms with van der Waals surface area (Å²) in [6.45, 7) is 4.72. The summed E-state index contributed by atoms with van der Waals surface area (Å²) in [5.41, 5.74) is 1.49. The van der Waals surface area contributed by atoms with Crippen LogP contribution < -0.4 is 5.32 Å². The predicted molar refractivity (Wildman–Crippen MR) is 46.0 cm³/mol. The Morgan fingerprint density at radius 2 is 2.42 bits per heavy atom. The van der Waals surface area contributed by atoms with Crippen molar-refractivity contribution < 1.29 is 4.79 Å². The molecule has 0 aliphatic rings. The van der Waals surface area contributed by atoms with Crippen LogP contribution >= 0.6 is 0 Å². The summed E-state index contributed by atoms with van der Waals surface area (Å²) in [7, 11) is 1.60. The number of carbonyl (C=O) groups is 1. The zero-order valence-electron chi connectivity index (χ0n) is 7.59. The van der Waals surface area contributed by atoms with Crippen molar-refractivity contribution in [2.75, 3.05) is 7.05 Å². The second-order valence-corrected chi connectivity index (χ2v) is 2.57. The summed E-state index contributed by atoms with van der Waals surface area (Å²) in [4.78, 5) is 11.1. The van der Waals surface area contributed by atoms with Crippen molar-refractivity contribution >= 4 is 5.91 Å². The smallest absolute Gasteiger partial charge is 0.271 e. The molecule has 0 fully saturated rings. The van der Waals surface area contributed by atoms with E-state index < -0.39 is 0 Å². The quantitative estimate of drug-likeness (QED) is 0.700. The Morgan fingerprint density at radius 1 is 1.75 bits per heavy atom. The van der Waals surface area contributed by atoms with Crippen molar-refractivity contribution in [1.29, 1.82) is 0 Å². The fourth-order valence-electron chi connectivity index (χ4n) is 1.07. The zero-order chi connectivity index (χ0) is 9.14. The molecule has 0 atom stereocenters. The van der Waals surface area contributed by atoms with E-state index in [0.717, 1.165) is 12.2 Å². The van der Waals surface area contributed by atoms with E-state index in [1.807, 2.05) is 13.8 Å². The summed E-state index contributed by atoms with van der Waals surface area (Å²) in [6.07, 6.45) is 0. The number of carbonyl (C=O) groups excluding carboxylic acids is 1. The Hall–Kier alpha value is -1.32. The summed E-state index contributed by atoms with van der Waals surface area (Å²) < 4.78 is 1.80. The number of rotatable bonds is 2. The lowest BCUT2D eigenvalue weighted by atomic mass is 10.3. The van der Waals surface area contributed by atoms with Crippen molar-refractivity contribution in [2.24, 2.45) is 0 Å². The first-order chi connectivity index (χ1) is 5.69. The first kappa shape index (κ1) is 8.77. The third kappa shape index (κ3) is 1.47. The second kappa shape index (κ2) is 3.38. The zero-order valence-corrected chi connectivity index (χ0v) is 7.59. The summed E-state index contributed by atoms with van der Waals surface area (Å²) in [6, 6.07) is 1.78. The number of nitrogens with one attached hydrogen (secondary N) is 1. The molecule has 0 aromatic carbocycles. The molecule has 0 saturated heterocycles. The molecule has 0 saturated carbocycles. The van der Waals surface area contributed by atoms with Gasteiger partial charge in [0.05, 0.1) is 0 Å². The SMILES string of the molecule is CCn1nc(C(=O)NC)cc1C. The molecule has 1 aromatic rings. The number of hydrogen-bond acceptors (Lipinski definition) is 2. The molecule has 0 unspecified atom stereocenters. The first-order valence-corrected chi connectivity index (χ1v) is 3.95. The highest BCUT2D eigenvalue weighted by Crippen LogP contribution is 2.02. The van der Waals surface area contributed by atoms with Crippen LogP contribution in [0.1, 0.15) is 23.1 Å². The van der Waals surface area contributed by atoms with Gasteiger partial charge in [0.25, 0.3) is 5.91 Å². The van der Waals surface area contributed by atoms with Crippen molar-refractivity contribution in [3.8, 4) is 0 Å². The fourth-order valence-corrected chi connectivity index (χ4v) is 1.07. The maximum Gasteiger partial charge on any atom is 0.271 e. The molecule has 12 heavy (non-hydrogen) atoms. The molecule has 1 aromatic heterocycles. The number of nitrogens with zero attached hydrogens (tertiary/aromatic N) is 2. The van der Waals surface area contributed by atoms with Crippen molar-refractivity contribution in [2.45, 2.75) is 20.4 Å². The third-order valence-corrected chi connectivity index (χ3v) is 1.74. The molecule has 1 N–H and O–H groups in total.